The highest BCUT2D eigenvalue weighted by Crippen LogP contribution is 2.30. The molecule has 0 radical (unpaired) electrons. The van der Waals surface area contributed by atoms with Gasteiger partial charge < -0.3 is 10.5 Å². The molecule has 0 bridgehead atoms. The van der Waals surface area contributed by atoms with E-state index in [1.807, 2.05) is 25.1 Å². The Labute approximate surface area is 116 Å². The first-order valence-corrected chi connectivity index (χ1v) is 7.00. The molecule has 0 saturated heterocycles. The Bertz CT molecular complexity index is 524. The highest BCUT2D eigenvalue weighted by atomic mass is 35.5. The maximum absolute atomic E-state index is 6.01. The molecule has 0 aliphatic heterocycles. The summed E-state index contributed by atoms with van der Waals surface area (Å²) in [5, 5.41) is 0.665. The van der Waals surface area contributed by atoms with Gasteiger partial charge in [-0.1, -0.05) is 17.7 Å². The van der Waals surface area contributed by atoms with Gasteiger partial charge in [-0.2, -0.15) is 0 Å². The zero-order valence-corrected chi connectivity index (χ0v) is 12.0. The molecule has 2 unspecified atom stereocenters. The molecule has 96 valence electrons. The van der Waals surface area contributed by atoms with Gasteiger partial charge in [-0.25, -0.2) is 0 Å². The highest BCUT2D eigenvalue weighted by molar-refractivity contribution is 7.12. The Hall–Kier alpha value is -1.03. The highest BCUT2D eigenvalue weighted by Gasteiger charge is 2.20. The minimum atomic E-state index is -0.137. The molecule has 1 aromatic heterocycles. The number of halogens is 1. The zero-order valence-electron chi connectivity index (χ0n) is 10.4. The van der Waals surface area contributed by atoms with Crippen LogP contribution in [0.3, 0.4) is 0 Å². The average Bonchev–Trinajstić information content (AvgIpc) is 2.72. The minimum absolute atomic E-state index is 0.0815. The number of hydrogen-bond donors (Lipinski definition) is 1. The van der Waals surface area contributed by atoms with E-state index in [9.17, 15) is 0 Å². The smallest absolute Gasteiger partial charge is 0.148 e. The van der Waals surface area contributed by atoms with E-state index in [1.165, 1.54) is 4.88 Å². The summed E-state index contributed by atoms with van der Waals surface area (Å²) in [6, 6.07) is 11.5. The van der Waals surface area contributed by atoms with Crippen molar-refractivity contribution in [2.75, 3.05) is 0 Å². The van der Waals surface area contributed by atoms with Crippen LogP contribution in [0.2, 0.25) is 5.02 Å². The van der Waals surface area contributed by atoms with Crippen molar-refractivity contribution in [3.63, 3.8) is 0 Å². The number of nitrogens with two attached hydrogens (primary N) is 1. The fourth-order valence-electron chi connectivity index (χ4n) is 1.72. The molecule has 2 nitrogen and oxygen atoms in total. The van der Waals surface area contributed by atoms with E-state index >= 15 is 0 Å². The fraction of sp³-hybridized carbons (Fsp3) is 0.286. The van der Waals surface area contributed by atoms with E-state index in [2.05, 4.69) is 19.1 Å². The lowest BCUT2D eigenvalue weighted by Gasteiger charge is -2.21. The molecule has 0 aliphatic rings. The molecule has 2 atom stereocenters. The van der Waals surface area contributed by atoms with Gasteiger partial charge in [0.1, 0.15) is 11.9 Å². The number of hydrogen-bond acceptors (Lipinski definition) is 3. The van der Waals surface area contributed by atoms with Crippen molar-refractivity contribution in [2.45, 2.75) is 26.0 Å². The van der Waals surface area contributed by atoms with Gasteiger partial charge in [0.25, 0.3) is 0 Å². The third-order valence-electron chi connectivity index (χ3n) is 2.58. The number of benzene rings is 1. The van der Waals surface area contributed by atoms with E-state index in [0.717, 1.165) is 10.6 Å². The Balaban J connectivity index is 2.22. The Morgan fingerprint density at radius 1 is 1.28 bits per heavy atom. The van der Waals surface area contributed by atoms with Crippen molar-refractivity contribution in [1.29, 1.82) is 0 Å². The van der Waals surface area contributed by atoms with Crippen molar-refractivity contribution in [3.8, 4) is 5.75 Å². The second-order valence-corrected chi connectivity index (χ2v) is 6.06. The molecular weight excluding hydrogens is 266 g/mol. The Morgan fingerprint density at radius 2 is 2.06 bits per heavy atom. The summed E-state index contributed by atoms with van der Waals surface area (Å²) in [6.07, 6.45) is -0.137. The van der Waals surface area contributed by atoms with Gasteiger partial charge >= 0.3 is 0 Å². The maximum Gasteiger partial charge on any atom is 0.148 e. The number of ether oxygens (including phenoxy) is 1. The summed E-state index contributed by atoms with van der Waals surface area (Å²) >= 11 is 7.66. The average molecular weight is 282 g/mol. The van der Waals surface area contributed by atoms with E-state index in [1.54, 1.807) is 17.4 Å². The normalized spacial score (nSPS) is 14.2. The lowest BCUT2D eigenvalue weighted by Crippen LogP contribution is -2.28. The monoisotopic (exact) mass is 281 g/mol. The van der Waals surface area contributed by atoms with E-state index in [4.69, 9.17) is 22.1 Å². The first-order chi connectivity index (χ1) is 8.56. The van der Waals surface area contributed by atoms with Crippen molar-refractivity contribution >= 4 is 22.9 Å². The minimum Gasteiger partial charge on any atom is -0.483 e. The van der Waals surface area contributed by atoms with Gasteiger partial charge in [-0.05, 0) is 44.2 Å². The lowest BCUT2D eigenvalue weighted by molar-refractivity contribution is 0.184. The molecule has 2 aromatic rings. The van der Waals surface area contributed by atoms with Crippen LogP contribution in [0.4, 0.5) is 0 Å². The van der Waals surface area contributed by atoms with Crippen LogP contribution in [-0.4, -0.2) is 6.04 Å². The van der Waals surface area contributed by atoms with Gasteiger partial charge in [0.15, 0.2) is 0 Å². The molecule has 2 rings (SSSR count). The van der Waals surface area contributed by atoms with Crippen LogP contribution < -0.4 is 10.5 Å². The predicted molar refractivity (Wildman–Crippen MR) is 77.5 cm³/mol. The molecule has 0 spiro atoms. The molecule has 2 N–H and O–H groups in total. The van der Waals surface area contributed by atoms with E-state index in [0.29, 0.717) is 5.02 Å². The van der Waals surface area contributed by atoms with Gasteiger partial charge in [0.05, 0.1) is 0 Å². The van der Waals surface area contributed by atoms with Gasteiger partial charge in [-0.3, -0.25) is 0 Å². The maximum atomic E-state index is 6.01. The quantitative estimate of drug-likeness (QED) is 0.912. The molecule has 4 heteroatoms. The van der Waals surface area contributed by atoms with Crippen molar-refractivity contribution in [2.24, 2.45) is 5.73 Å². The van der Waals surface area contributed by atoms with Crippen molar-refractivity contribution < 1.29 is 4.74 Å². The van der Waals surface area contributed by atoms with Gasteiger partial charge in [-0.15, -0.1) is 11.3 Å². The molecule has 18 heavy (non-hydrogen) atoms. The van der Waals surface area contributed by atoms with Crippen LogP contribution in [0.25, 0.3) is 0 Å². The van der Waals surface area contributed by atoms with Crippen molar-refractivity contribution in [1.82, 2.24) is 0 Å². The zero-order chi connectivity index (χ0) is 13.1. The summed E-state index contributed by atoms with van der Waals surface area (Å²) in [5.74, 6) is 0.746. The largest absolute Gasteiger partial charge is 0.483 e. The SMILES string of the molecule is Cc1ccc(C(Oc2cccc(Cl)c2)C(C)N)s1. The number of rotatable bonds is 4. The lowest BCUT2D eigenvalue weighted by atomic mass is 10.1. The molecule has 1 aromatic carbocycles. The summed E-state index contributed by atoms with van der Waals surface area (Å²) in [6.45, 7) is 4.02. The van der Waals surface area contributed by atoms with Crippen LogP contribution in [0.5, 0.6) is 5.75 Å². The van der Waals surface area contributed by atoms with Crippen LogP contribution in [0, 0.1) is 6.92 Å². The molecule has 0 fully saturated rings. The summed E-state index contributed by atoms with van der Waals surface area (Å²) in [4.78, 5) is 2.40. The van der Waals surface area contributed by atoms with E-state index in [-0.39, 0.29) is 12.1 Å². The second-order valence-electron chi connectivity index (χ2n) is 4.30. The van der Waals surface area contributed by atoms with Gasteiger partial charge in [0, 0.05) is 20.8 Å². The summed E-state index contributed by atoms with van der Waals surface area (Å²) < 4.78 is 5.96. The summed E-state index contributed by atoms with van der Waals surface area (Å²) in [7, 11) is 0. The standard InChI is InChI=1S/C14H16ClNOS/c1-9-6-7-13(18-9)14(10(2)16)17-12-5-3-4-11(15)8-12/h3-8,10,14H,16H2,1-2H3. The molecule has 0 saturated carbocycles. The van der Waals surface area contributed by atoms with E-state index < -0.39 is 0 Å². The predicted octanol–water partition coefficient (Wildman–Crippen LogP) is 4.18. The van der Waals surface area contributed by atoms with Crippen LogP contribution in [-0.2, 0) is 0 Å². The summed E-state index contributed by atoms with van der Waals surface area (Å²) in [5.41, 5.74) is 6.01. The number of thiophene rings is 1. The van der Waals surface area contributed by atoms with Crippen LogP contribution in [0.15, 0.2) is 36.4 Å². The molecule has 0 aliphatic carbocycles. The third-order valence-corrected chi connectivity index (χ3v) is 3.88. The van der Waals surface area contributed by atoms with Gasteiger partial charge in [0.2, 0.25) is 0 Å². The first-order valence-electron chi connectivity index (χ1n) is 5.80. The molecular formula is C14H16ClNOS. The number of aryl methyl sites for hydroxylation is 1. The van der Waals surface area contributed by atoms with Crippen LogP contribution in [0.1, 0.15) is 22.8 Å². The Morgan fingerprint density at radius 3 is 2.61 bits per heavy atom. The Kier molecular flexibility index (Phi) is 4.27. The molecule has 1 heterocycles. The first kappa shape index (κ1) is 13.4. The second kappa shape index (κ2) is 5.74. The topological polar surface area (TPSA) is 35.2 Å². The van der Waals surface area contributed by atoms with Crippen LogP contribution >= 0.6 is 22.9 Å². The van der Waals surface area contributed by atoms with Crippen molar-refractivity contribution in [3.05, 3.63) is 51.2 Å². The molecule has 0 amide bonds. The third kappa shape index (κ3) is 3.25. The fourth-order valence-corrected chi connectivity index (χ4v) is 2.92.